The number of aromatic nitrogens is 2. The summed E-state index contributed by atoms with van der Waals surface area (Å²) in [5.41, 5.74) is 1.57. The Labute approximate surface area is 122 Å². The van der Waals surface area contributed by atoms with Crippen LogP contribution in [-0.4, -0.2) is 30.2 Å². The molecule has 0 aliphatic rings. The summed E-state index contributed by atoms with van der Waals surface area (Å²) in [6, 6.07) is 9.34. The topological polar surface area (TPSA) is 44.2 Å². The first-order valence-electron chi connectivity index (χ1n) is 5.91. The fourth-order valence-corrected chi connectivity index (χ4v) is 2.16. The lowest BCUT2D eigenvalue weighted by atomic mass is 10.1. The summed E-state index contributed by atoms with van der Waals surface area (Å²) >= 11 is 1.48. The predicted octanol–water partition coefficient (Wildman–Crippen LogP) is 2.89. The summed E-state index contributed by atoms with van der Waals surface area (Å²) in [5, 5.41) is 9.15. The number of benzene rings is 1. The highest BCUT2D eigenvalue weighted by atomic mass is 32.2. The number of nitrogens with zero attached hydrogens (tertiary/aromatic N) is 2. The van der Waals surface area contributed by atoms with Crippen molar-refractivity contribution in [3.63, 3.8) is 0 Å². The zero-order valence-electron chi connectivity index (χ0n) is 11.3. The van der Waals surface area contributed by atoms with Crippen LogP contribution in [0.4, 0.5) is 0 Å². The van der Waals surface area contributed by atoms with Crippen molar-refractivity contribution in [2.45, 2.75) is 5.03 Å². The fraction of sp³-hybridized carbons (Fsp3) is 0.200. The highest BCUT2D eigenvalue weighted by Crippen LogP contribution is 2.32. The molecule has 0 saturated heterocycles. The Bertz CT molecular complexity index is 621. The second-order valence-electron chi connectivity index (χ2n) is 3.82. The van der Waals surface area contributed by atoms with Crippen molar-refractivity contribution < 1.29 is 9.47 Å². The molecule has 0 unspecified atom stereocenters. The van der Waals surface area contributed by atoms with E-state index in [1.54, 1.807) is 14.2 Å². The number of terminal acetylenes is 1. The van der Waals surface area contributed by atoms with Crippen LogP contribution in [0, 0.1) is 12.3 Å². The van der Waals surface area contributed by atoms with Crippen LogP contribution in [0.25, 0.3) is 11.3 Å². The molecule has 102 valence electrons. The van der Waals surface area contributed by atoms with Gasteiger partial charge in [0.1, 0.15) is 16.5 Å². The van der Waals surface area contributed by atoms with Gasteiger partial charge in [-0.3, -0.25) is 0 Å². The van der Waals surface area contributed by atoms with Crippen molar-refractivity contribution in [1.82, 2.24) is 10.2 Å². The maximum absolute atomic E-state index is 5.34. The molecule has 0 bridgehead atoms. The molecular formula is C15H14N2O2S. The summed E-state index contributed by atoms with van der Waals surface area (Å²) in [5.74, 6) is 4.60. The first-order valence-corrected chi connectivity index (χ1v) is 6.89. The van der Waals surface area contributed by atoms with Crippen LogP contribution >= 0.6 is 11.8 Å². The third-order valence-corrected chi connectivity index (χ3v) is 3.45. The van der Waals surface area contributed by atoms with E-state index in [0.29, 0.717) is 5.75 Å². The van der Waals surface area contributed by atoms with Gasteiger partial charge in [-0.05, 0) is 30.3 Å². The molecule has 0 radical (unpaired) electrons. The second kappa shape index (κ2) is 6.83. The lowest BCUT2D eigenvalue weighted by Gasteiger charge is -2.09. The van der Waals surface area contributed by atoms with Gasteiger partial charge >= 0.3 is 0 Å². The van der Waals surface area contributed by atoms with Gasteiger partial charge in [-0.2, -0.15) is 0 Å². The van der Waals surface area contributed by atoms with Gasteiger partial charge in [0.25, 0.3) is 0 Å². The predicted molar refractivity (Wildman–Crippen MR) is 80.1 cm³/mol. The minimum Gasteiger partial charge on any atom is -0.497 e. The third kappa shape index (κ3) is 3.22. The summed E-state index contributed by atoms with van der Waals surface area (Å²) in [7, 11) is 3.24. The van der Waals surface area contributed by atoms with E-state index in [0.717, 1.165) is 27.8 Å². The zero-order chi connectivity index (χ0) is 14.4. The summed E-state index contributed by atoms with van der Waals surface area (Å²) in [6.07, 6.45) is 5.22. The highest BCUT2D eigenvalue weighted by molar-refractivity contribution is 7.99. The lowest BCUT2D eigenvalue weighted by molar-refractivity contribution is 0.404. The standard InChI is InChI=1S/C15H14N2O2S/c1-4-9-20-15-8-6-13(16-17-15)12-10-11(18-2)5-7-14(12)19-3/h1,5-8,10H,9H2,2-3H3. The van der Waals surface area contributed by atoms with Crippen molar-refractivity contribution in [3.05, 3.63) is 30.3 Å². The number of methoxy groups -OCH3 is 2. The average molecular weight is 286 g/mol. The summed E-state index contributed by atoms with van der Waals surface area (Å²) < 4.78 is 10.6. The molecule has 0 aliphatic heterocycles. The van der Waals surface area contributed by atoms with E-state index in [1.807, 2.05) is 30.3 Å². The molecule has 0 aliphatic carbocycles. The lowest BCUT2D eigenvalue weighted by Crippen LogP contribution is -1.94. The Morgan fingerprint density at radius 2 is 2.00 bits per heavy atom. The van der Waals surface area contributed by atoms with E-state index in [9.17, 15) is 0 Å². The quantitative estimate of drug-likeness (QED) is 0.624. The molecule has 0 atom stereocenters. The molecule has 0 saturated carbocycles. The van der Waals surface area contributed by atoms with Crippen LogP contribution in [0.15, 0.2) is 35.4 Å². The van der Waals surface area contributed by atoms with E-state index in [-0.39, 0.29) is 0 Å². The van der Waals surface area contributed by atoms with E-state index < -0.39 is 0 Å². The fourth-order valence-electron chi connectivity index (χ4n) is 1.67. The molecule has 1 aromatic carbocycles. The van der Waals surface area contributed by atoms with E-state index in [2.05, 4.69) is 16.1 Å². The maximum Gasteiger partial charge on any atom is 0.128 e. The van der Waals surface area contributed by atoms with Gasteiger partial charge in [0.15, 0.2) is 0 Å². The molecule has 2 aromatic rings. The number of rotatable bonds is 5. The Balaban J connectivity index is 2.33. The first-order chi connectivity index (χ1) is 9.78. The van der Waals surface area contributed by atoms with Gasteiger partial charge in [0.05, 0.1) is 25.7 Å². The first kappa shape index (κ1) is 14.2. The number of hydrogen-bond donors (Lipinski definition) is 0. The Morgan fingerprint density at radius 1 is 1.15 bits per heavy atom. The van der Waals surface area contributed by atoms with Crippen LogP contribution in [0.3, 0.4) is 0 Å². The normalized spacial score (nSPS) is 9.85. The Kier molecular flexibility index (Phi) is 4.85. The molecule has 5 heteroatoms. The van der Waals surface area contributed by atoms with Crippen LogP contribution < -0.4 is 9.47 Å². The SMILES string of the molecule is C#CCSc1ccc(-c2cc(OC)ccc2OC)nn1. The maximum atomic E-state index is 5.34. The van der Waals surface area contributed by atoms with Crippen LogP contribution in [-0.2, 0) is 0 Å². The van der Waals surface area contributed by atoms with E-state index in [4.69, 9.17) is 15.9 Å². The van der Waals surface area contributed by atoms with Crippen molar-refractivity contribution in [1.29, 1.82) is 0 Å². The molecule has 0 N–H and O–H groups in total. The summed E-state index contributed by atoms with van der Waals surface area (Å²) in [4.78, 5) is 0. The van der Waals surface area contributed by atoms with E-state index >= 15 is 0 Å². The number of thioether (sulfide) groups is 1. The van der Waals surface area contributed by atoms with Crippen molar-refractivity contribution >= 4 is 11.8 Å². The second-order valence-corrected chi connectivity index (χ2v) is 4.81. The zero-order valence-corrected chi connectivity index (χ0v) is 12.1. The molecule has 0 spiro atoms. The Morgan fingerprint density at radius 3 is 2.60 bits per heavy atom. The number of hydrogen-bond acceptors (Lipinski definition) is 5. The summed E-state index contributed by atoms with van der Waals surface area (Å²) in [6.45, 7) is 0. The van der Waals surface area contributed by atoms with Gasteiger partial charge in [-0.15, -0.1) is 16.6 Å². The molecular weight excluding hydrogens is 272 g/mol. The molecule has 2 rings (SSSR count). The van der Waals surface area contributed by atoms with Crippen molar-refractivity contribution in [2.75, 3.05) is 20.0 Å². The number of ether oxygens (including phenoxy) is 2. The van der Waals surface area contributed by atoms with Crippen molar-refractivity contribution in [2.24, 2.45) is 0 Å². The van der Waals surface area contributed by atoms with Gasteiger partial charge in [0, 0.05) is 5.56 Å². The molecule has 1 heterocycles. The molecule has 0 fully saturated rings. The largest absolute Gasteiger partial charge is 0.497 e. The van der Waals surface area contributed by atoms with Crippen LogP contribution in [0.5, 0.6) is 11.5 Å². The minimum absolute atomic E-state index is 0.580. The Hall–Kier alpha value is -2.19. The smallest absolute Gasteiger partial charge is 0.128 e. The molecule has 1 aromatic heterocycles. The highest BCUT2D eigenvalue weighted by Gasteiger charge is 2.09. The van der Waals surface area contributed by atoms with Gasteiger partial charge in [-0.25, -0.2) is 0 Å². The third-order valence-electron chi connectivity index (χ3n) is 2.63. The van der Waals surface area contributed by atoms with E-state index in [1.165, 1.54) is 11.8 Å². The van der Waals surface area contributed by atoms with Gasteiger partial charge in [-0.1, -0.05) is 17.7 Å². The average Bonchev–Trinajstić information content (AvgIpc) is 2.52. The minimum atomic E-state index is 0.580. The van der Waals surface area contributed by atoms with Crippen LogP contribution in [0.1, 0.15) is 0 Å². The van der Waals surface area contributed by atoms with Gasteiger partial charge in [0.2, 0.25) is 0 Å². The van der Waals surface area contributed by atoms with Crippen molar-refractivity contribution in [3.8, 4) is 35.1 Å². The molecule has 4 nitrogen and oxygen atoms in total. The monoisotopic (exact) mass is 286 g/mol. The molecule has 0 amide bonds. The molecule has 20 heavy (non-hydrogen) atoms. The van der Waals surface area contributed by atoms with Crippen LogP contribution in [0.2, 0.25) is 0 Å². The van der Waals surface area contributed by atoms with Gasteiger partial charge < -0.3 is 9.47 Å².